The third kappa shape index (κ3) is 3.30. The lowest BCUT2D eigenvalue weighted by Crippen LogP contribution is -2.51. The van der Waals surface area contributed by atoms with Crippen LogP contribution in [-0.4, -0.2) is 15.2 Å². The van der Waals surface area contributed by atoms with Crippen molar-refractivity contribution in [1.29, 1.82) is 0 Å². The average Bonchev–Trinajstić information content (AvgIpc) is 2.54. The Balaban J connectivity index is 1.90. The van der Waals surface area contributed by atoms with Crippen LogP contribution in [0.25, 0.3) is 0 Å². The van der Waals surface area contributed by atoms with Crippen LogP contribution in [0.4, 0.5) is 0 Å². The summed E-state index contributed by atoms with van der Waals surface area (Å²) in [6.07, 6.45) is 0. The van der Waals surface area contributed by atoms with E-state index in [9.17, 15) is 9.00 Å². The van der Waals surface area contributed by atoms with Gasteiger partial charge in [0.15, 0.2) is 5.60 Å². The molecule has 2 aromatic carbocycles. The maximum atomic E-state index is 12.8. The number of benzene rings is 2. The Morgan fingerprint density at radius 1 is 1.13 bits per heavy atom. The molecule has 7 heteroatoms. The van der Waals surface area contributed by atoms with E-state index < -0.39 is 22.9 Å². The Morgan fingerprint density at radius 3 is 2.43 bits per heavy atom. The van der Waals surface area contributed by atoms with Crippen LogP contribution < -0.4 is 0 Å². The second-order valence-electron chi connectivity index (χ2n) is 5.23. The molecular formula is C16H14ClNO4S. The minimum Gasteiger partial charge on any atom is -0.269 e. The molecule has 23 heavy (non-hydrogen) atoms. The molecule has 0 saturated carbocycles. The second kappa shape index (κ2) is 6.41. The summed E-state index contributed by atoms with van der Waals surface area (Å²) in [6.45, 7) is 1.74. The third-order valence-corrected chi connectivity index (χ3v) is 4.61. The van der Waals surface area contributed by atoms with Crippen molar-refractivity contribution < 1.29 is 17.5 Å². The van der Waals surface area contributed by atoms with Crippen LogP contribution in [-0.2, 0) is 36.8 Å². The molecule has 0 N–H and O–H groups in total. The molecule has 120 valence electrons. The van der Waals surface area contributed by atoms with Crippen molar-refractivity contribution in [3.8, 4) is 0 Å². The molecule has 2 unspecified atom stereocenters. The number of carbonyl (C=O) groups excluding carboxylic acids is 1. The molecule has 0 bridgehead atoms. The summed E-state index contributed by atoms with van der Waals surface area (Å²) < 4.78 is 22.3. The molecule has 2 aromatic rings. The Labute approximate surface area is 141 Å². The molecule has 0 radical (unpaired) electrons. The lowest BCUT2D eigenvalue weighted by Gasteiger charge is -2.36. The van der Waals surface area contributed by atoms with Gasteiger partial charge < -0.3 is 0 Å². The van der Waals surface area contributed by atoms with Crippen molar-refractivity contribution in [3.63, 3.8) is 0 Å². The monoisotopic (exact) mass is 351 g/mol. The predicted octanol–water partition coefficient (Wildman–Crippen LogP) is 3.12. The Bertz CT molecular complexity index is 738. The molecule has 1 saturated heterocycles. The van der Waals surface area contributed by atoms with Gasteiger partial charge in [0.2, 0.25) is 0 Å². The lowest BCUT2D eigenvalue weighted by atomic mass is 9.95. The van der Waals surface area contributed by atoms with Crippen molar-refractivity contribution in [2.45, 2.75) is 19.1 Å². The summed E-state index contributed by atoms with van der Waals surface area (Å²) >= 11 is 3.81. The van der Waals surface area contributed by atoms with Gasteiger partial charge in [0.25, 0.3) is 5.91 Å². The van der Waals surface area contributed by atoms with E-state index >= 15 is 0 Å². The van der Waals surface area contributed by atoms with Crippen LogP contribution in [0.2, 0.25) is 5.02 Å². The summed E-state index contributed by atoms with van der Waals surface area (Å²) in [4.78, 5) is 12.8. The van der Waals surface area contributed by atoms with E-state index in [0.29, 0.717) is 10.6 Å². The van der Waals surface area contributed by atoms with Crippen LogP contribution in [0.3, 0.4) is 0 Å². The number of hydrogen-bond acceptors (Lipinski definition) is 4. The minimum atomic E-state index is -2.07. The number of amides is 1. The molecule has 5 nitrogen and oxygen atoms in total. The van der Waals surface area contributed by atoms with Gasteiger partial charge in [0, 0.05) is 5.02 Å². The van der Waals surface area contributed by atoms with Gasteiger partial charge in [-0.1, -0.05) is 54.1 Å². The van der Waals surface area contributed by atoms with Gasteiger partial charge in [-0.05, 0) is 30.2 Å². The van der Waals surface area contributed by atoms with E-state index in [-0.39, 0.29) is 6.54 Å². The fraction of sp³-hybridized carbons (Fsp3) is 0.188. The Kier molecular flexibility index (Phi) is 4.50. The standard InChI is InChI=1S/C16H14ClNO4S/c1-16(13-7-9-14(17)10-8-13)15(19)18(22-23(20)21-16)11-12-5-3-2-4-6-12/h2-10H,11H2,1H3. The highest BCUT2D eigenvalue weighted by molar-refractivity contribution is 7.75. The first-order chi connectivity index (χ1) is 11.0. The van der Waals surface area contributed by atoms with Gasteiger partial charge >= 0.3 is 11.4 Å². The summed E-state index contributed by atoms with van der Waals surface area (Å²) in [5.74, 6) is -0.428. The van der Waals surface area contributed by atoms with Crippen LogP contribution in [0.15, 0.2) is 54.6 Å². The zero-order chi connectivity index (χ0) is 16.4. The van der Waals surface area contributed by atoms with Crippen molar-refractivity contribution in [3.05, 3.63) is 70.7 Å². The number of rotatable bonds is 3. The van der Waals surface area contributed by atoms with Crippen LogP contribution in [0.5, 0.6) is 0 Å². The highest BCUT2D eigenvalue weighted by Gasteiger charge is 2.47. The van der Waals surface area contributed by atoms with E-state index in [1.165, 1.54) is 0 Å². The fourth-order valence-corrected chi connectivity index (χ4v) is 3.18. The SMILES string of the molecule is CC1(c2ccc(Cl)cc2)OS(=O)ON(Cc2ccccc2)C1=O. The van der Waals surface area contributed by atoms with Crippen molar-refractivity contribution in [2.75, 3.05) is 0 Å². The first-order valence-corrected chi connectivity index (χ1v) is 8.28. The van der Waals surface area contributed by atoms with E-state index in [4.69, 9.17) is 20.1 Å². The zero-order valence-corrected chi connectivity index (χ0v) is 13.8. The first kappa shape index (κ1) is 16.1. The lowest BCUT2D eigenvalue weighted by molar-refractivity contribution is -0.189. The summed E-state index contributed by atoms with van der Waals surface area (Å²) in [6, 6.07) is 15.9. The summed E-state index contributed by atoms with van der Waals surface area (Å²) in [5.41, 5.74) is 0.0162. The number of hydroxylamine groups is 2. The number of carbonyl (C=O) groups is 1. The predicted molar refractivity (Wildman–Crippen MR) is 86.1 cm³/mol. The van der Waals surface area contributed by atoms with Crippen molar-refractivity contribution >= 4 is 28.9 Å². The van der Waals surface area contributed by atoms with Crippen molar-refractivity contribution in [2.24, 2.45) is 0 Å². The highest BCUT2D eigenvalue weighted by Crippen LogP contribution is 2.34. The van der Waals surface area contributed by atoms with E-state index in [1.54, 1.807) is 31.2 Å². The summed E-state index contributed by atoms with van der Waals surface area (Å²) in [7, 11) is 0. The van der Waals surface area contributed by atoms with E-state index in [2.05, 4.69) is 0 Å². The van der Waals surface area contributed by atoms with Gasteiger partial charge in [0.05, 0.1) is 6.54 Å². The van der Waals surface area contributed by atoms with Crippen LogP contribution >= 0.6 is 11.6 Å². The molecule has 1 aliphatic heterocycles. The van der Waals surface area contributed by atoms with Crippen LogP contribution in [0, 0.1) is 0 Å². The van der Waals surface area contributed by atoms with Gasteiger partial charge in [-0.25, -0.2) is 4.18 Å². The van der Waals surface area contributed by atoms with Crippen LogP contribution in [0.1, 0.15) is 18.1 Å². The molecule has 1 aliphatic rings. The fourth-order valence-electron chi connectivity index (χ4n) is 2.32. The number of hydrogen-bond donors (Lipinski definition) is 0. The second-order valence-corrected chi connectivity index (χ2v) is 6.39. The smallest absolute Gasteiger partial charge is 0.269 e. The highest BCUT2D eigenvalue weighted by atomic mass is 35.5. The van der Waals surface area contributed by atoms with Gasteiger partial charge in [-0.2, -0.15) is 9.27 Å². The maximum Gasteiger partial charge on any atom is 0.329 e. The molecule has 0 aliphatic carbocycles. The quantitative estimate of drug-likeness (QED) is 0.852. The van der Waals surface area contributed by atoms with E-state index in [1.807, 2.05) is 30.3 Å². The zero-order valence-electron chi connectivity index (χ0n) is 12.3. The molecule has 1 fully saturated rings. The molecule has 0 spiro atoms. The molecular weight excluding hydrogens is 338 g/mol. The Hall–Kier alpha value is -1.73. The molecule has 0 aromatic heterocycles. The van der Waals surface area contributed by atoms with Gasteiger partial charge in [-0.3, -0.25) is 4.79 Å². The normalized spacial score (nSPS) is 24.7. The minimum absolute atomic E-state index is 0.179. The average molecular weight is 352 g/mol. The maximum absolute atomic E-state index is 12.8. The molecule has 1 heterocycles. The first-order valence-electron chi connectivity index (χ1n) is 6.91. The Morgan fingerprint density at radius 2 is 1.78 bits per heavy atom. The van der Waals surface area contributed by atoms with Crippen molar-refractivity contribution in [1.82, 2.24) is 5.06 Å². The molecule has 1 amide bonds. The largest absolute Gasteiger partial charge is 0.329 e. The number of halogens is 1. The molecule has 2 atom stereocenters. The van der Waals surface area contributed by atoms with E-state index in [0.717, 1.165) is 10.6 Å². The summed E-state index contributed by atoms with van der Waals surface area (Å²) in [5, 5.41) is 1.61. The topological polar surface area (TPSA) is 55.8 Å². The molecule has 3 rings (SSSR count). The number of nitrogens with zero attached hydrogens (tertiary/aromatic N) is 1. The third-order valence-electron chi connectivity index (χ3n) is 3.58. The van der Waals surface area contributed by atoms with Gasteiger partial charge in [0.1, 0.15) is 0 Å². The van der Waals surface area contributed by atoms with Gasteiger partial charge in [-0.15, -0.1) is 4.28 Å².